The maximum Gasteiger partial charge on any atom is 0.251 e. The number of aliphatic hydroxyl groups is 2. The Morgan fingerprint density at radius 3 is 1.32 bits per heavy atom. The van der Waals surface area contributed by atoms with Gasteiger partial charge < -0.3 is 30.4 Å². The monoisotopic (exact) mass is 944 g/mol. The summed E-state index contributed by atoms with van der Waals surface area (Å²) in [5, 5.41) is 33.6. The summed E-state index contributed by atoms with van der Waals surface area (Å²) >= 11 is 0. The minimum atomic E-state index is -1.37. The number of carbonyl (C=O) groups excluding carboxylic acids is 2. The molecule has 2 heterocycles. The van der Waals surface area contributed by atoms with Gasteiger partial charge in [0.25, 0.3) is 11.8 Å². The van der Waals surface area contributed by atoms with Crippen molar-refractivity contribution in [3.05, 3.63) is 239 Å². The molecule has 0 aliphatic rings. The van der Waals surface area contributed by atoms with Crippen molar-refractivity contribution in [2.45, 2.75) is 84.2 Å². The highest BCUT2D eigenvalue weighted by atomic mass is 16.3. The normalized spacial score (nSPS) is 13.5. The largest absolute Gasteiger partial charge is 0.379 e. The number of hydrogen-bond acceptors (Lipinski definition) is 6. The molecule has 9 aromatic rings. The number of nitrogens with zero attached hydrogens (tertiary/aromatic N) is 3. The Hall–Kier alpha value is -7.66. The van der Waals surface area contributed by atoms with Gasteiger partial charge in [-0.05, 0) is 125 Å². The van der Waals surface area contributed by atoms with Crippen LogP contribution in [-0.2, 0) is 16.7 Å². The highest BCUT2D eigenvalue weighted by Gasteiger charge is 2.43. The molecular weight excluding hydrogens is 881 g/mol. The maximum absolute atomic E-state index is 12.6. The van der Waals surface area contributed by atoms with Crippen LogP contribution in [0.4, 0.5) is 0 Å². The fourth-order valence-corrected chi connectivity index (χ4v) is 9.67. The number of H-pyrrole nitrogens is 1. The van der Waals surface area contributed by atoms with Crippen LogP contribution < -0.4 is 10.6 Å². The fraction of sp³-hybridized carbons (Fsp3) is 0.246. The van der Waals surface area contributed by atoms with Crippen molar-refractivity contribution in [1.29, 1.82) is 0 Å². The van der Waals surface area contributed by atoms with Crippen LogP contribution in [0.15, 0.2) is 189 Å². The van der Waals surface area contributed by atoms with Crippen molar-refractivity contribution in [3.8, 4) is 0 Å². The van der Waals surface area contributed by atoms with Gasteiger partial charge in [-0.15, -0.1) is 0 Å². The molecule has 2 unspecified atom stereocenters. The van der Waals surface area contributed by atoms with E-state index < -0.39 is 16.7 Å². The van der Waals surface area contributed by atoms with Gasteiger partial charge in [0.1, 0.15) is 16.7 Å². The zero-order valence-electron chi connectivity index (χ0n) is 41.8. The molecule has 0 saturated heterocycles. The van der Waals surface area contributed by atoms with Crippen LogP contribution >= 0.6 is 0 Å². The number of aromatic nitrogens is 4. The Bertz CT molecular complexity index is 3140. The number of carbonyl (C=O) groups is 2. The average molecular weight is 945 g/mol. The summed E-state index contributed by atoms with van der Waals surface area (Å²) in [5.74, 6) is -0.411. The van der Waals surface area contributed by atoms with E-state index in [9.17, 15) is 19.8 Å². The first kappa shape index (κ1) is 49.8. The second-order valence-electron chi connectivity index (χ2n) is 19.6. The molecule has 10 nitrogen and oxygen atoms in total. The van der Waals surface area contributed by atoms with Crippen LogP contribution in [0.2, 0.25) is 0 Å². The second-order valence-corrected chi connectivity index (χ2v) is 19.6. The highest BCUT2D eigenvalue weighted by Crippen LogP contribution is 2.44. The van der Waals surface area contributed by atoms with Crippen LogP contribution in [0.3, 0.4) is 0 Å². The SMILES string of the molecule is CC(C)NC(=O)c1ccc2cc(C(O)(c3cn(C(c4ccccc4)(c4ccccc4)c4ccccc4)cn3)C(C)C)ccc2c1.CC(C)NC(=O)c1ccc2cc(C(O)(c3cnc[nH]3)C(C)C)ccc2c1. The molecule has 0 radical (unpaired) electrons. The van der Waals surface area contributed by atoms with Gasteiger partial charge in [0, 0.05) is 29.4 Å². The number of imidazole rings is 2. The summed E-state index contributed by atoms with van der Waals surface area (Å²) in [6.07, 6.45) is 7.07. The molecule has 362 valence electrons. The minimum absolute atomic E-state index is 0.0449. The Balaban J connectivity index is 0.000000221. The van der Waals surface area contributed by atoms with E-state index in [-0.39, 0.29) is 35.7 Å². The van der Waals surface area contributed by atoms with Crippen molar-refractivity contribution in [2.75, 3.05) is 0 Å². The summed E-state index contributed by atoms with van der Waals surface area (Å²) in [6.45, 7) is 15.8. The first-order chi connectivity index (χ1) is 34.1. The number of hydrogen-bond donors (Lipinski definition) is 5. The lowest BCUT2D eigenvalue weighted by Gasteiger charge is -2.37. The van der Waals surface area contributed by atoms with Crippen molar-refractivity contribution < 1.29 is 19.8 Å². The number of benzene rings is 7. The molecule has 7 aromatic carbocycles. The summed E-state index contributed by atoms with van der Waals surface area (Å²) in [6, 6.07) is 54.5. The number of aromatic amines is 1. The Morgan fingerprint density at radius 2 is 0.930 bits per heavy atom. The van der Waals surface area contributed by atoms with Crippen molar-refractivity contribution in [1.82, 2.24) is 30.2 Å². The lowest BCUT2D eigenvalue weighted by atomic mass is 9.76. The van der Waals surface area contributed by atoms with E-state index in [0.717, 1.165) is 49.4 Å². The number of amides is 2. The van der Waals surface area contributed by atoms with E-state index in [4.69, 9.17) is 4.98 Å². The van der Waals surface area contributed by atoms with E-state index >= 15 is 0 Å². The Morgan fingerprint density at radius 1 is 0.521 bits per heavy atom. The first-order valence-electron chi connectivity index (χ1n) is 24.4. The smallest absolute Gasteiger partial charge is 0.251 e. The van der Waals surface area contributed by atoms with Gasteiger partial charge in [-0.2, -0.15) is 0 Å². The Kier molecular flexibility index (Phi) is 14.5. The van der Waals surface area contributed by atoms with E-state index in [1.807, 2.05) is 159 Å². The quantitative estimate of drug-likeness (QED) is 0.0687. The molecule has 2 amide bonds. The molecule has 0 saturated carbocycles. The van der Waals surface area contributed by atoms with Crippen molar-refractivity contribution >= 4 is 33.4 Å². The molecule has 71 heavy (non-hydrogen) atoms. The number of fused-ring (bicyclic) bond motifs is 2. The summed E-state index contributed by atoms with van der Waals surface area (Å²) in [7, 11) is 0. The van der Waals surface area contributed by atoms with Crippen LogP contribution in [0.1, 0.15) is 115 Å². The van der Waals surface area contributed by atoms with Crippen LogP contribution in [0, 0.1) is 11.8 Å². The zero-order chi connectivity index (χ0) is 50.5. The van der Waals surface area contributed by atoms with E-state index in [2.05, 4.69) is 98.0 Å². The van der Waals surface area contributed by atoms with E-state index in [1.54, 1.807) is 12.5 Å². The molecule has 0 aliphatic carbocycles. The van der Waals surface area contributed by atoms with Gasteiger partial charge in [-0.1, -0.05) is 155 Å². The lowest BCUT2D eigenvalue weighted by Crippen LogP contribution is -2.37. The van der Waals surface area contributed by atoms with Gasteiger partial charge in [0.05, 0.1) is 30.2 Å². The molecule has 0 aliphatic heterocycles. The van der Waals surface area contributed by atoms with Gasteiger partial charge in [0.2, 0.25) is 0 Å². The molecule has 2 atom stereocenters. The maximum atomic E-state index is 12.6. The standard InChI is InChI=1S/C40H39N3O2.C21H25N3O2/c1-28(2)40(45,36-23-22-30-24-32(21-20-31(30)25-36)38(44)42-29(3)4)37-26-43(27-41-37)39(33-14-8-5-9-15-33,34-16-10-6-11-17-34)35-18-12-7-13-19-35;1-13(2)21(26,19-11-22-12-23-19)18-8-7-15-9-17(6-5-16(15)10-18)20(25)24-14(3)4/h5-29,45H,1-4H3,(H,42,44);5-14,26H,1-4H3,(H,22,23)(H,24,25). The van der Waals surface area contributed by atoms with Crippen LogP contribution in [0.5, 0.6) is 0 Å². The molecular formula is C61H64N6O4. The topological polar surface area (TPSA) is 145 Å². The predicted octanol–water partition coefficient (Wildman–Crippen LogP) is 11.5. The molecule has 5 N–H and O–H groups in total. The third-order valence-corrected chi connectivity index (χ3v) is 13.4. The van der Waals surface area contributed by atoms with Gasteiger partial charge >= 0.3 is 0 Å². The molecule has 10 heteroatoms. The fourth-order valence-electron chi connectivity index (χ4n) is 9.67. The highest BCUT2D eigenvalue weighted by molar-refractivity contribution is 5.99. The van der Waals surface area contributed by atoms with Crippen LogP contribution in [0.25, 0.3) is 21.5 Å². The third kappa shape index (κ3) is 9.78. The predicted molar refractivity (Wildman–Crippen MR) is 284 cm³/mol. The van der Waals surface area contributed by atoms with Crippen molar-refractivity contribution in [3.63, 3.8) is 0 Å². The Labute approximate surface area is 416 Å². The summed E-state index contributed by atoms with van der Waals surface area (Å²) in [5.41, 5.74) is 4.02. The second kappa shape index (κ2) is 20.7. The van der Waals surface area contributed by atoms with Gasteiger partial charge in [0.15, 0.2) is 0 Å². The van der Waals surface area contributed by atoms with Gasteiger partial charge in [-0.25, -0.2) is 9.97 Å². The molecule has 0 spiro atoms. The summed E-state index contributed by atoms with van der Waals surface area (Å²) in [4.78, 5) is 36.9. The molecule has 2 aromatic heterocycles. The zero-order valence-corrected chi connectivity index (χ0v) is 41.8. The first-order valence-corrected chi connectivity index (χ1v) is 24.4. The third-order valence-electron chi connectivity index (χ3n) is 13.4. The van der Waals surface area contributed by atoms with Gasteiger partial charge in [-0.3, -0.25) is 9.59 Å². The minimum Gasteiger partial charge on any atom is -0.379 e. The van der Waals surface area contributed by atoms with Crippen molar-refractivity contribution in [2.24, 2.45) is 11.8 Å². The van der Waals surface area contributed by atoms with E-state index in [1.165, 1.54) is 0 Å². The molecule has 0 fully saturated rings. The van der Waals surface area contributed by atoms with Crippen LogP contribution in [-0.4, -0.2) is 53.6 Å². The molecule has 0 bridgehead atoms. The number of rotatable bonds is 14. The number of nitrogens with one attached hydrogen (secondary N) is 3. The molecule has 9 rings (SSSR count). The lowest BCUT2D eigenvalue weighted by molar-refractivity contribution is 0.0278. The average Bonchev–Trinajstić information content (AvgIpc) is 4.11. The van der Waals surface area contributed by atoms with E-state index in [0.29, 0.717) is 22.5 Å². The summed E-state index contributed by atoms with van der Waals surface area (Å²) < 4.78 is 2.14.